The Bertz CT molecular complexity index is 811. The number of nitrogens with zero attached hydrogens (tertiary/aromatic N) is 1. The summed E-state index contributed by atoms with van der Waals surface area (Å²) in [5.41, 5.74) is 10.1. The molecular formula is C15H9BrFN3O2. The number of rotatable bonds is 3. The average molecular weight is 362 g/mol. The van der Waals surface area contributed by atoms with E-state index >= 15 is 0 Å². The molecule has 2 aromatic carbocycles. The molecule has 110 valence electrons. The van der Waals surface area contributed by atoms with Crippen molar-refractivity contribution in [1.29, 1.82) is 5.26 Å². The summed E-state index contributed by atoms with van der Waals surface area (Å²) in [6.07, 6.45) is 0. The Morgan fingerprint density at radius 2 is 1.64 bits per heavy atom. The van der Waals surface area contributed by atoms with Crippen molar-refractivity contribution in [2.45, 2.75) is 0 Å². The summed E-state index contributed by atoms with van der Waals surface area (Å²) in [5, 5.41) is 9.22. The summed E-state index contributed by atoms with van der Waals surface area (Å²) in [7, 11) is 0. The normalized spacial score (nSPS) is 10.0. The molecule has 0 radical (unpaired) electrons. The third-order valence-corrected chi connectivity index (χ3v) is 3.48. The van der Waals surface area contributed by atoms with Crippen molar-refractivity contribution in [3.05, 3.63) is 57.3 Å². The quantitative estimate of drug-likeness (QED) is 0.874. The average Bonchev–Trinajstić information content (AvgIpc) is 2.45. The van der Waals surface area contributed by atoms with Gasteiger partial charge >= 0.3 is 0 Å². The van der Waals surface area contributed by atoms with Crippen molar-refractivity contribution in [1.82, 2.24) is 0 Å². The van der Waals surface area contributed by atoms with E-state index in [9.17, 15) is 19.2 Å². The van der Waals surface area contributed by atoms with Gasteiger partial charge in [0.2, 0.25) is 11.8 Å². The van der Waals surface area contributed by atoms with Gasteiger partial charge in [-0.25, -0.2) is 4.39 Å². The van der Waals surface area contributed by atoms with Gasteiger partial charge in [0, 0.05) is 26.7 Å². The third kappa shape index (κ3) is 2.69. The van der Waals surface area contributed by atoms with Crippen LogP contribution >= 0.6 is 15.9 Å². The van der Waals surface area contributed by atoms with Gasteiger partial charge in [-0.15, -0.1) is 0 Å². The Morgan fingerprint density at radius 1 is 1.09 bits per heavy atom. The Hall–Kier alpha value is -2.72. The minimum atomic E-state index is -0.857. The lowest BCUT2D eigenvalue weighted by Gasteiger charge is -2.14. The first-order valence-corrected chi connectivity index (χ1v) is 6.78. The molecule has 0 fully saturated rings. The summed E-state index contributed by atoms with van der Waals surface area (Å²) >= 11 is 3.08. The van der Waals surface area contributed by atoms with Crippen LogP contribution in [0.4, 0.5) is 4.39 Å². The molecule has 0 aliphatic carbocycles. The number of carbonyl (C=O) groups excluding carboxylic acids is 2. The van der Waals surface area contributed by atoms with Gasteiger partial charge in [0.05, 0.1) is 11.6 Å². The Labute approximate surface area is 133 Å². The summed E-state index contributed by atoms with van der Waals surface area (Å²) in [4.78, 5) is 23.2. The van der Waals surface area contributed by atoms with Crippen molar-refractivity contribution in [2.24, 2.45) is 11.5 Å². The summed E-state index contributed by atoms with van der Waals surface area (Å²) < 4.78 is 14.7. The second-order valence-corrected chi connectivity index (χ2v) is 5.29. The van der Waals surface area contributed by atoms with Gasteiger partial charge in [0.15, 0.2) is 0 Å². The maximum atomic E-state index is 14.4. The van der Waals surface area contributed by atoms with Crippen LogP contribution in [-0.4, -0.2) is 11.8 Å². The van der Waals surface area contributed by atoms with E-state index in [1.165, 1.54) is 24.3 Å². The van der Waals surface area contributed by atoms with Crippen molar-refractivity contribution in [3.8, 4) is 17.2 Å². The van der Waals surface area contributed by atoms with E-state index in [4.69, 9.17) is 11.5 Å². The fourth-order valence-electron chi connectivity index (χ4n) is 2.15. The van der Waals surface area contributed by atoms with E-state index in [-0.39, 0.29) is 27.8 Å². The lowest BCUT2D eigenvalue weighted by molar-refractivity contribution is 0.0999. The lowest BCUT2D eigenvalue weighted by Crippen LogP contribution is -2.18. The highest BCUT2D eigenvalue weighted by Crippen LogP contribution is 2.34. The van der Waals surface area contributed by atoms with Crippen LogP contribution in [0.3, 0.4) is 0 Å². The summed E-state index contributed by atoms with van der Waals surface area (Å²) in [6, 6.07) is 8.42. The molecule has 0 unspecified atom stereocenters. The highest BCUT2D eigenvalue weighted by atomic mass is 79.9. The highest BCUT2D eigenvalue weighted by Gasteiger charge is 2.23. The van der Waals surface area contributed by atoms with E-state index in [2.05, 4.69) is 15.9 Å². The number of benzene rings is 2. The predicted molar refractivity (Wildman–Crippen MR) is 81.3 cm³/mol. The Kier molecular flexibility index (Phi) is 4.24. The molecule has 2 aromatic rings. The SMILES string of the molecule is N#Cc1cc(Br)cc(F)c1-c1c(C(N)=O)cccc1C(N)=O. The number of nitriles is 1. The zero-order valence-electron chi connectivity index (χ0n) is 11.1. The molecule has 0 atom stereocenters. The fourth-order valence-corrected chi connectivity index (χ4v) is 2.58. The number of halogens is 2. The van der Waals surface area contributed by atoms with Crippen LogP contribution in [0.15, 0.2) is 34.8 Å². The number of nitrogens with two attached hydrogens (primary N) is 2. The van der Waals surface area contributed by atoms with Crippen LogP contribution < -0.4 is 11.5 Å². The van der Waals surface area contributed by atoms with Crippen LogP contribution in [0.5, 0.6) is 0 Å². The number of hydrogen-bond donors (Lipinski definition) is 2. The molecule has 5 nitrogen and oxygen atoms in total. The van der Waals surface area contributed by atoms with Gasteiger partial charge in [-0.2, -0.15) is 5.26 Å². The zero-order chi connectivity index (χ0) is 16.4. The van der Waals surface area contributed by atoms with E-state index in [0.29, 0.717) is 4.47 Å². The van der Waals surface area contributed by atoms with E-state index in [1.807, 2.05) is 6.07 Å². The van der Waals surface area contributed by atoms with Gasteiger partial charge in [0.1, 0.15) is 5.82 Å². The van der Waals surface area contributed by atoms with Crippen molar-refractivity contribution in [3.63, 3.8) is 0 Å². The molecule has 2 rings (SSSR count). The van der Waals surface area contributed by atoms with Crippen molar-refractivity contribution < 1.29 is 14.0 Å². The minimum Gasteiger partial charge on any atom is -0.366 e. The third-order valence-electron chi connectivity index (χ3n) is 3.02. The molecule has 2 amide bonds. The van der Waals surface area contributed by atoms with E-state index in [1.54, 1.807) is 0 Å². The van der Waals surface area contributed by atoms with Gasteiger partial charge in [0.25, 0.3) is 0 Å². The lowest BCUT2D eigenvalue weighted by atomic mass is 9.90. The van der Waals surface area contributed by atoms with Crippen LogP contribution in [0.1, 0.15) is 26.3 Å². The fraction of sp³-hybridized carbons (Fsp3) is 0. The zero-order valence-corrected chi connectivity index (χ0v) is 12.6. The molecule has 4 N–H and O–H groups in total. The smallest absolute Gasteiger partial charge is 0.249 e. The minimum absolute atomic E-state index is 0.0527. The van der Waals surface area contributed by atoms with Crippen molar-refractivity contribution in [2.75, 3.05) is 0 Å². The standard InChI is InChI=1S/C15H9BrFN3O2/c16-8-4-7(6-18)12(11(17)5-8)13-9(14(19)21)2-1-3-10(13)15(20)22/h1-5H,(H2,19,21)(H2,20,22). The first kappa shape index (κ1) is 15.7. The molecule has 22 heavy (non-hydrogen) atoms. The van der Waals surface area contributed by atoms with Crippen LogP contribution in [-0.2, 0) is 0 Å². The summed E-state index contributed by atoms with van der Waals surface area (Å²) in [6.45, 7) is 0. The molecule has 0 aromatic heterocycles. The molecule has 7 heteroatoms. The predicted octanol–water partition coefficient (Wildman–Crippen LogP) is 2.32. The Morgan fingerprint density at radius 3 is 2.09 bits per heavy atom. The van der Waals surface area contributed by atoms with Gasteiger partial charge < -0.3 is 11.5 Å². The molecule has 0 bridgehead atoms. The first-order chi connectivity index (χ1) is 10.4. The van der Waals surface area contributed by atoms with Gasteiger partial charge in [-0.3, -0.25) is 9.59 Å². The molecule has 0 spiro atoms. The molecular weight excluding hydrogens is 353 g/mol. The maximum Gasteiger partial charge on any atom is 0.249 e. The van der Waals surface area contributed by atoms with E-state index in [0.717, 1.165) is 6.07 Å². The second-order valence-electron chi connectivity index (χ2n) is 4.38. The molecule has 0 saturated carbocycles. The van der Waals surface area contributed by atoms with E-state index < -0.39 is 17.6 Å². The van der Waals surface area contributed by atoms with Gasteiger partial charge in [-0.1, -0.05) is 22.0 Å². The number of hydrogen-bond acceptors (Lipinski definition) is 3. The molecule has 0 saturated heterocycles. The first-order valence-electron chi connectivity index (χ1n) is 5.99. The maximum absolute atomic E-state index is 14.4. The Balaban J connectivity index is 2.98. The van der Waals surface area contributed by atoms with Crippen LogP contribution in [0, 0.1) is 17.1 Å². The van der Waals surface area contributed by atoms with Crippen LogP contribution in [0.2, 0.25) is 0 Å². The van der Waals surface area contributed by atoms with Crippen LogP contribution in [0.25, 0.3) is 11.1 Å². The molecule has 0 heterocycles. The number of amides is 2. The monoisotopic (exact) mass is 361 g/mol. The van der Waals surface area contributed by atoms with Crippen molar-refractivity contribution >= 4 is 27.7 Å². The summed E-state index contributed by atoms with van der Waals surface area (Å²) in [5.74, 6) is -2.49. The highest BCUT2D eigenvalue weighted by molar-refractivity contribution is 9.10. The second kappa shape index (κ2) is 5.95. The molecule has 0 aliphatic rings. The van der Waals surface area contributed by atoms with Gasteiger partial charge in [-0.05, 0) is 24.3 Å². The number of primary amides is 2. The molecule has 0 aliphatic heterocycles. The topological polar surface area (TPSA) is 110 Å². The largest absolute Gasteiger partial charge is 0.366 e. The number of carbonyl (C=O) groups is 2.